The van der Waals surface area contributed by atoms with Gasteiger partial charge in [-0.1, -0.05) is 19.9 Å². The standard InChI is InChI=1S/C13H20N2OS2/c1-12(2)5-7-17-9-13(12,11(14)16)15-8-10-4-3-6-18-10/h3-4,6,15H,5,7-9H2,1-2H3,(H2,14,16). The lowest BCUT2D eigenvalue weighted by Gasteiger charge is -2.48. The minimum Gasteiger partial charge on any atom is -0.368 e. The van der Waals surface area contributed by atoms with Crippen molar-refractivity contribution in [1.29, 1.82) is 0 Å². The number of thiophene rings is 1. The van der Waals surface area contributed by atoms with E-state index in [-0.39, 0.29) is 11.3 Å². The molecular weight excluding hydrogens is 264 g/mol. The van der Waals surface area contributed by atoms with E-state index in [1.807, 2.05) is 17.8 Å². The Kier molecular flexibility index (Phi) is 4.04. The molecule has 3 nitrogen and oxygen atoms in total. The molecule has 1 saturated heterocycles. The predicted octanol–water partition coefficient (Wildman–Crippen LogP) is 2.22. The summed E-state index contributed by atoms with van der Waals surface area (Å²) in [4.78, 5) is 13.2. The van der Waals surface area contributed by atoms with Crippen molar-refractivity contribution in [1.82, 2.24) is 5.32 Å². The van der Waals surface area contributed by atoms with Crippen LogP contribution >= 0.6 is 23.1 Å². The number of amides is 1. The minimum atomic E-state index is -0.597. The molecule has 1 aromatic heterocycles. The number of nitrogens with two attached hydrogens (primary N) is 1. The van der Waals surface area contributed by atoms with Crippen LogP contribution in [0.3, 0.4) is 0 Å². The largest absolute Gasteiger partial charge is 0.368 e. The molecule has 0 bridgehead atoms. The van der Waals surface area contributed by atoms with Crippen molar-refractivity contribution in [2.24, 2.45) is 11.1 Å². The van der Waals surface area contributed by atoms with Crippen LogP contribution in [0.1, 0.15) is 25.1 Å². The molecule has 2 heterocycles. The molecule has 0 spiro atoms. The summed E-state index contributed by atoms with van der Waals surface area (Å²) in [6.07, 6.45) is 1.01. The number of primary amides is 1. The topological polar surface area (TPSA) is 55.1 Å². The number of thioether (sulfide) groups is 1. The summed E-state index contributed by atoms with van der Waals surface area (Å²) >= 11 is 3.51. The average molecular weight is 284 g/mol. The van der Waals surface area contributed by atoms with Crippen molar-refractivity contribution >= 4 is 29.0 Å². The van der Waals surface area contributed by atoms with E-state index in [2.05, 4.69) is 30.6 Å². The Morgan fingerprint density at radius 2 is 2.33 bits per heavy atom. The molecule has 1 unspecified atom stereocenters. The number of carbonyl (C=O) groups is 1. The van der Waals surface area contributed by atoms with Gasteiger partial charge < -0.3 is 5.73 Å². The maximum Gasteiger partial charge on any atom is 0.239 e. The summed E-state index contributed by atoms with van der Waals surface area (Å²) in [6.45, 7) is 4.99. The molecule has 0 saturated carbocycles. The molecule has 18 heavy (non-hydrogen) atoms. The van der Waals surface area contributed by atoms with E-state index in [0.29, 0.717) is 6.54 Å². The van der Waals surface area contributed by atoms with Gasteiger partial charge in [-0.2, -0.15) is 11.8 Å². The predicted molar refractivity (Wildman–Crippen MR) is 78.8 cm³/mol. The van der Waals surface area contributed by atoms with Gasteiger partial charge in [-0.25, -0.2) is 0 Å². The Hall–Kier alpha value is -0.520. The molecule has 0 radical (unpaired) electrons. The first-order chi connectivity index (χ1) is 8.48. The van der Waals surface area contributed by atoms with E-state index in [4.69, 9.17) is 5.73 Å². The molecule has 0 aliphatic carbocycles. The van der Waals surface area contributed by atoms with Crippen LogP contribution < -0.4 is 11.1 Å². The summed E-state index contributed by atoms with van der Waals surface area (Å²) in [5, 5.41) is 5.49. The fourth-order valence-corrected chi connectivity index (χ4v) is 4.78. The van der Waals surface area contributed by atoms with E-state index >= 15 is 0 Å². The van der Waals surface area contributed by atoms with Gasteiger partial charge in [0.15, 0.2) is 0 Å². The summed E-state index contributed by atoms with van der Waals surface area (Å²) < 4.78 is 0. The molecule has 1 fully saturated rings. The van der Waals surface area contributed by atoms with Crippen molar-refractivity contribution in [2.45, 2.75) is 32.4 Å². The second-order valence-electron chi connectivity index (χ2n) is 5.39. The zero-order valence-corrected chi connectivity index (χ0v) is 12.5. The van der Waals surface area contributed by atoms with Gasteiger partial charge in [0.25, 0.3) is 0 Å². The monoisotopic (exact) mass is 284 g/mol. The summed E-state index contributed by atoms with van der Waals surface area (Å²) in [6, 6.07) is 4.11. The van der Waals surface area contributed by atoms with Crippen LogP contribution in [0.25, 0.3) is 0 Å². The molecule has 0 aromatic carbocycles. The van der Waals surface area contributed by atoms with Crippen molar-refractivity contribution in [3.63, 3.8) is 0 Å². The van der Waals surface area contributed by atoms with E-state index in [1.54, 1.807) is 11.3 Å². The fourth-order valence-electron chi connectivity index (χ4n) is 2.39. The quantitative estimate of drug-likeness (QED) is 0.891. The van der Waals surface area contributed by atoms with Gasteiger partial charge >= 0.3 is 0 Å². The highest BCUT2D eigenvalue weighted by Crippen LogP contribution is 2.42. The summed E-state index contributed by atoms with van der Waals surface area (Å²) in [5.74, 6) is 1.64. The van der Waals surface area contributed by atoms with Crippen molar-refractivity contribution < 1.29 is 4.79 Å². The van der Waals surface area contributed by atoms with Crippen LogP contribution in [0.15, 0.2) is 17.5 Å². The summed E-state index contributed by atoms with van der Waals surface area (Å²) in [5.41, 5.74) is 5.01. The SMILES string of the molecule is CC1(C)CCSCC1(NCc1cccs1)C(N)=O. The van der Waals surface area contributed by atoms with E-state index in [9.17, 15) is 4.79 Å². The Morgan fingerprint density at radius 3 is 2.89 bits per heavy atom. The molecular formula is C13H20N2OS2. The lowest BCUT2D eigenvalue weighted by Crippen LogP contribution is -2.67. The van der Waals surface area contributed by atoms with Crippen LogP contribution in [-0.4, -0.2) is 23.0 Å². The van der Waals surface area contributed by atoms with Crippen LogP contribution in [0.2, 0.25) is 0 Å². The lowest BCUT2D eigenvalue weighted by atomic mass is 9.70. The summed E-state index contributed by atoms with van der Waals surface area (Å²) in [7, 11) is 0. The third-order valence-electron chi connectivity index (χ3n) is 3.91. The lowest BCUT2D eigenvalue weighted by molar-refractivity contribution is -0.128. The molecule has 1 aromatic rings. The Labute approximate surface area is 117 Å². The van der Waals surface area contributed by atoms with Crippen molar-refractivity contribution in [3.8, 4) is 0 Å². The number of carbonyl (C=O) groups excluding carboxylic acids is 1. The Balaban J connectivity index is 2.18. The van der Waals surface area contributed by atoms with Gasteiger partial charge in [-0.3, -0.25) is 10.1 Å². The molecule has 1 aliphatic rings. The minimum absolute atomic E-state index is 0.0959. The van der Waals surface area contributed by atoms with Crippen molar-refractivity contribution in [3.05, 3.63) is 22.4 Å². The maximum atomic E-state index is 12.0. The third-order valence-corrected chi connectivity index (χ3v) is 5.92. The molecule has 5 heteroatoms. The Bertz CT molecular complexity index is 417. The smallest absolute Gasteiger partial charge is 0.239 e. The van der Waals surface area contributed by atoms with Gasteiger partial charge in [-0.05, 0) is 29.0 Å². The second kappa shape index (κ2) is 5.23. The normalized spacial score (nSPS) is 27.0. The van der Waals surface area contributed by atoms with E-state index < -0.39 is 5.54 Å². The van der Waals surface area contributed by atoms with Gasteiger partial charge in [0.05, 0.1) is 0 Å². The number of rotatable bonds is 4. The van der Waals surface area contributed by atoms with Crippen LogP contribution in [0.5, 0.6) is 0 Å². The zero-order valence-electron chi connectivity index (χ0n) is 10.9. The van der Waals surface area contributed by atoms with Gasteiger partial charge in [0.2, 0.25) is 5.91 Å². The molecule has 100 valence electrons. The van der Waals surface area contributed by atoms with Crippen LogP contribution in [-0.2, 0) is 11.3 Å². The highest BCUT2D eigenvalue weighted by atomic mass is 32.2. The van der Waals surface area contributed by atoms with E-state index in [0.717, 1.165) is 17.9 Å². The van der Waals surface area contributed by atoms with Gasteiger partial charge in [0.1, 0.15) is 5.54 Å². The third kappa shape index (κ3) is 2.44. The highest BCUT2D eigenvalue weighted by molar-refractivity contribution is 7.99. The number of hydrogen-bond acceptors (Lipinski definition) is 4. The first kappa shape index (κ1) is 13.9. The van der Waals surface area contributed by atoms with Gasteiger partial charge in [0, 0.05) is 17.2 Å². The highest BCUT2D eigenvalue weighted by Gasteiger charge is 2.51. The maximum absolute atomic E-state index is 12.0. The van der Waals surface area contributed by atoms with E-state index in [1.165, 1.54) is 4.88 Å². The first-order valence-electron chi connectivity index (χ1n) is 6.13. The Morgan fingerprint density at radius 1 is 1.56 bits per heavy atom. The van der Waals surface area contributed by atoms with Crippen LogP contribution in [0.4, 0.5) is 0 Å². The molecule has 3 N–H and O–H groups in total. The average Bonchev–Trinajstić information content (AvgIpc) is 2.80. The fraction of sp³-hybridized carbons (Fsp3) is 0.615. The molecule has 1 atom stereocenters. The van der Waals surface area contributed by atoms with Gasteiger partial charge in [-0.15, -0.1) is 11.3 Å². The molecule has 1 aliphatic heterocycles. The molecule has 1 amide bonds. The molecule has 2 rings (SSSR count). The van der Waals surface area contributed by atoms with Crippen LogP contribution in [0, 0.1) is 5.41 Å². The van der Waals surface area contributed by atoms with Crippen molar-refractivity contribution in [2.75, 3.05) is 11.5 Å². The number of hydrogen-bond donors (Lipinski definition) is 2. The second-order valence-corrected chi connectivity index (χ2v) is 7.53. The zero-order chi connectivity index (χ0) is 13.2. The first-order valence-corrected chi connectivity index (χ1v) is 8.16. The number of nitrogens with one attached hydrogen (secondary N) is 1.